The predicted octanol–water partition coefficient (Wildman–Crippen LogP) is 4.08. The number of hydrogen-bond donors (Lipinski definition) is 3. The summed E-state index contributed by atoms with van der Waals surface area (Å²) in [4.78, 5) is 39.7. The van der Waals surface area contributed by atoms with Crippen molar-refractivity contribution in [3.63, 3.8) is 0 Å². The maximum atomic E-state index is 13.1. The van der Waals surface area contributed by atoms with Crippen molar-refractivity contribution in [2.24, 2.45) is 5.10 Å². The molecule has 4 rings (SSSR count). The second kappa shape index (κ2) is 12.9. The van der Waals surface area contributed by atoms with Crippen LogP contribution in [0.2, 0.25) is 0 Å². The maximum absolute atomic E-state index is 13.1. The zero-order valence-corrected chi connectivity index (χ0v) is 21.7. The molecule has 4 aromatic rings. The molecule has 1 heterocycles. The van der Waals surface area contributed by atoms with E-state index in [1.165, 1.54) is 32.6 Å². The number of nitrogens with zero attached hydrogens (tertiary/aromatic N) is 2. The van der Waals surface area contributed by atoms with Crippen molar-refractivity contribution in [3.8, 4) is 11.5 Å². The molecule has 12 nitrogen and oxygen atoms in total. The number of aromatic amines is 1. The number of rotatable bonds is 11. The quantitative estimate of drug-likeness (QED) is 0.146. The average molecular weight is 546 g/mol. The Morgan fingerprint density at radius 3 is 2.55 bits per heavy atom. The SMILES string of the molecule is COc1cc(/C=N\NC(=O)[C@@H](Cc2c[nH]c3ccccc23)NC(=O)OCc2ccccc2)cc([N+](=O)[O-])c1OC. The summed E-state index contributed by atoms with van der Waals surface area (Å²) in [5, 5.41) is 18.9. The van der Waals surface area contributed by atoms with Crippen molar-refractivity contribution in [3.05, 3.63) is 99.7 Å². The van der Waals surface area contributed by atoms with Crippen LogP contribution in [0.4, 0.5) is 10.5 Å². The molecule has 0 unspecified atom stereocenters. The third-order valence-electron chi connectivity index (χ3n) is 5.99. The van der Waals surface area contributed by atoms with E-state index in [4.69, 9.17) is 14.2 Å². The number of fused-ring (bicyclic) bond motifs is 1. The fourth-order valence-electron chi connectivity index (χ4n) is 4.06. The van der Waals surface area contributed by atoms with E-state index >= 15 is 0 Å². The Hall–Kier alpha value is -5.39. The molecular formula is C28H27N5O7. The normalized spacial score (nSPS) is 11.7. The summed E-state index contributed by atoms with van der Waals surface area (Å²) in [7, 11) is 2.65. The van der Waals surface area contributed by atoms with Crippen LogP contribution in [0.15, 0.2) is 78.0 Å². The van der Waals surface area contributed by atoms with Gasteiger partial charge in [-0.1, -0.05) is 48.5 Å². The molecule has 0 spiro atoms. The molecular weight excluding hydrogens is 518 g/mol. The van der Waals surface area contributed by atoms with E-state index in [-0.39, 0.29) is 35.8 Å². The van der Waals surface area contributed by atoms with Gasteiger partial charge in [0.05, 0.1) is 25.4 Å². The molecule has 0 radical (unpaired) electrons. The number of benzene rings is 3. The van der Waals surface area contributed by atoms with Crippen LogP contribution in [-0.4, -0.2) is 48.4 Å². The minimum absolute atomic E-state index is 0.0321. The summed E-state index contributed by atoms with van der Waals surface area (Å²) in [5.41, 5.74) is 4.84. The van der Waals surface area contributed by atoms with Gasteiger partial charge in [0.25, 0.3) is 5.91 Å². The zero-order valence-electron chi connectivity index (χ0n) is 21.7. The first-order valence-corrected chi connectivity index (χ1v) is 12.1. The Kier molecular flexibility index (Phi) is 8.92. The van der Waals surface area contributed by atoms with E-state index in [2.05, 4.69) is 20.8 Å². The molecule has 3 aromatic carbocycles. The van der Waals surface area contributed by atoms with Gasteiger partial charge in [-0.25, -0.2) is 10.2 Å². The number of carbonyl (C=O) groups excluding carboxylic acids is 2. The van der Waals surface area contributed by atoms with Crippen LogP contribution in [0.1, 0.15) is 16.7 Å². The van der Waals surface area contributed by atoms with Gasteiger partial charge in [0.15, 0.2) is 5.75 Å². The second-order valence-electron chi connectivity index (χ2n) is 8.59. The number of H-pyrrole nitrogens is 1. The van der Waals surface area contributed by atoms with Crippen LogP contribution < -0.4 is 20.2 Å². The number of methoxy groups -OCH3 is 2. The van der Waals surface area contributed by atoms with E-state index in [1.807, 2.05) is 54.6 Å². The molecule has 0 saturated heterocycles. The smallest absolute Gasteiger partial charge is 0.408 e. The van der Waals surface area contributed by atoms with Crippen LogP contribution in [0, 0.1) is 10.1 Å². The van der Waals surface area contributed by atoms with E-state index in [0.717, 1.165) is 22.0 Å². The van der Waals surface area contributed by atoms with E-state index in [0.29, 0.717) is 0 Å². The van der Waals surface area contributed by atoms with Gasteiger partial charge in [0.1, 0.15) is 12.6 Å². The lowest BCUT2D eigenvalue weighted by Crippen LogP contribution is -2.47. The monoisotopic (exact) mass is 545 g/mol. The summed E-state index contributed by atoms with van der Waals surface area (Å²) < 4.78 is 15.6. The highest BCUT2D eigenvalue weighted by atomic mass is 16.6. The number of aromatic nitrogens is 1. The highest BCUT2D eigenvalue weighted by Crippen LogP contribution is 2.37. The lowest BCUT2D eigenvalue weighted by molar-refractivity contribution is -0.385. The lowest BCUT2D eigenvalue weighted by atomic mass is 10.0. The highest BCUT2D eigenvalue weighted by Gasteiger charge is 2.24. The van der Waals surface area contributed by atoms with E-state index < -0.39 is 23.0 Å². The first-order valence-electron chi connectivity index (χ1n) is 12.1. The third kappa shape index (κ3) is 6.72. The summed E-state index contributed by atoms with van der Waals surface area (Å²) >= 11 is 0. The maximum Gasteiger partial charge on any atom is 0.408 e. The first kappa shape index (κ1) is 27.6. The molecule has 12 heteroatoms. The van der Waals surface area contributed by atoms with Crippen molar-refractivity contribution in [1.29, 1.82) is 0 Å². The minimum Gasteiger partial charge on any atom is -0.493 e. The Morgan fingerprint density at radius 1 is 1.07 bits per heavy atom. The van der Waals surface area contributed by atoms with Gasteiger partial charge in [0, 0.05) is 35.2 Å². The fourth-order valence-corrected chi connectivity index (χ4v) is 4.06. The number of alkyl carbamates (subject to hydrolysis) is 1. The number of nitrogens with one attached hydrogen (secondary N) is 3. The Bertz CT molecular complexity index is 1530. The molecule has 0 aliphatic rings. The van der Waals surface area contributed by atoms with Crippen molar-refractivity contribution >= 4 is 34.8 Å². The lowest BCUT2D eigenvalue weighted by Gasteiger charge is -2.17. The number of carbonyl (C=O) groups is 2. The molecule has 206 valence electrons. The number of hydrazone groups is 1. The zero-order chi connectivity index (χ0) is 28.5. The molecule has 3 N–H and O–H groups in total. The average Bonchev–Trinajstić information content (AvgIpc) is 3.38. The summed E-state index contributed by atoms with van der Waals surface area (Å²) in [6.45, 7) is 0.0321. The molecule has 0 aliphatic heterocycles. The van der Waals surface area contributed by atoms with Gasteiger partial charge in [0.2, 0.25) is 5.75 Å². The number of amides is 2. The van der Waals surface area contributed by atoms with Crippen LogP contribution in [-0.2, 0) is 22.6 Å². The van der Waals surface area contributed by atoms with Crippen molar-refractivity contribution in [2.45, 2.75) is 19.1 Å². The summed E-state index contributed by atoms with van der Waals surface area (Å²) in [5.74, 6) is -0.525. The van der Waals surface area contributed by atoms with Gasteiger partial charge in [-0.2, -0.15) is 5.10 Å². The van der Waals surface area contributed by atoms with E-state index in [9.17, 15) is 19.7 Å². The predicted molar refractivity (Wildman–Crippen MR) is 147 cm³/mol. The molecule has 2 amide bonds. The molecule has 0 bridgehead atoms. The first-order chi connectivity index (χ1) is 19.4. The van der Waals surface area contributed by atoms with Gasteiger partial charge in [-0.15, -0.1) is 0 Å². The number of nitro groups is 1. The van der Waals surface area contributed by atoms with Crippen LogP contribution in [0.25, 0.3) is 10.9 Å². The molecule has 1 aromatic heterocycles. The number of para-hydroxylation sites is 1. The minimum atomic E-state index is -1.04. The molecule has 1 atom stereocenters. The van der Waals surface area contributed by atoms with Gasteiger partial charge >= 0.3 is 11.8 Å². The third-order valence-corrected chi connectivity index (χ3v) is 5.99. The van der Waals surface area contributed by atoms with Crippen LogP contribution in [0.5, 0.6) is 11.5 Å². The summed E-state index contributed by atoms with van der Waals surface area (Å²) in [6.07, 6.45) is 2.37. The molecule has 0 saturated carbocycles. The largest absolute Gasteiger partial charge is 0.493 e. The fraction of sp³-hybridized carbons (Fsp3) is 0.179. The molecule has 40 heavy (non-hydrogen) atoms. The highest BCUT2D eigenvalue weighted by molar-refractivity contribution is 5.90. The number of nitro benzene ring substituents is 1. The number of ether oxygens (including phenoxy) is 3. The van der Waals surface area contributed by atoms with Crippen LogP contribution in [0.3, 0.4) is 0 Å². The molecule has 0 fully saturated rings. The molecule has 0 aliphatic carbocycles. The van der Waals surface area contributed by atoms with Crippen molar-refractivity contribution in [2.75, 3.05) is 14.2 Å². The second-order valence-corrected chi connectivity index (χ2v) is 8.59. The van der Waals surface area contributed by atoms with E-state index in [1.54, 1.807) is 6.20 Å². The Morgan fingerprint density at radius 2 is 1.82 bits per heavy atom. The van der Waals surface area contributed by atoms with Crippen molar-refractivity contribution < 1.29 is 28.7 Å². The Balaban J connectivity index is 1.50. The Labute approximate surface area is 229 Å². The number of hydrogen-bond acceptors (Lipinski definition) is 8. The summed E-state index contributed by atoms with van der Waals surface area (Å²) in [6, 6.07) is 18.4. The van der Waals surface area contributed by atoms with Crippen molar-refractivity contribution in [1.82, 2.24) is 15.7 Å². The van der Waals surface area contributed by atoms with Crippen LogP contribution >= 0.6 is 0 Å². The standard InChI is InChI=1S/C28H27N5O7/c1-38-25-13-19(12-24(33(36)37)26(25)39-2)15-30-32-27(34)23(14-20-16-29-22-11-7-6-10-21(20)22)31-28(35)40-17-18-8-4-3-5-9-18/h3-13,15-16,23,29H,14,17H2,1-2H3,(H,31,35)(H,32,34)/b30-15-/t23-/m1/s1. The van der Waals surface area contributed by atoms with Gasteiger partial charge < -0.3 is 24.5 Å². The topological polar surface area (TPSA) is 157 Å². The van der Waals surface area contributed by atoms with Gasteiger partial charge in [-0.3, -0.25) is 14.9 Å². The van der Waals surface area contributed by atoms with Gasteiger partial charge in [-0.05, 0) is 23.3 Å².